The van der Waals surface area contributed by atoms with Gasteiger partial charge >= 0.3 is 6.18 Å². The lowest BCUT2D eigenvalue weighted by molar-refractivity contribution is -0.138. The average Bonchev–Trinajstić information content (AvgIpc) is 3.08. The normalized spacial score (nSPS) is 23.3. The topological polar surface area (TPSA) is 32.3 Å². The molecule has 0 aliphatic carbocycles. The van der Waals surface area contributed by atoms with Crippen LogP contribution in [-0.2, 0) is 6.18 Å². The number of rotatable bonds is 2. The van der Waals surface area contributed by atoms with Gasteiger partial charge in [-0.3, -0.25) is 4.79 Å². The van der Waals surface area contributed by atoms with Gasteiger partial charge in [0.1, 0.15) is 0 Å². The van der Waals surface area contributed by atoms with E-state index in [1.54, 1.807) is 4.90 Å². The molecule has 1 aromatic carbocycles. The maximum absolute atomic E-state index is 13.1. The summed E-state index contributed by atoms with van der Waals surface area (Å²) in [5.41, 5.74) is -1.08. The molecule has 23 heavy (non-hydrogen) atoms. The zero-order chi connectivity index (χ0) is 16.4. The molecular formula is C17H21F3N2O. The lowest BCUT2D eigenvalue weighted by Crippen LogP contribution is -2.41. The number of hydrogen-bond acceptors (Lipinski definition) is 2. The molecular weight excluding hydrogens is 305 g/mol. The molecule has 1 atom stereocenters. The Morgan fingerprint density at radius 1 is 1.09 bits per heavy atom. The lowest BCUT2D eigenvalue weighted by atomic mass is 9.83. The fraction of sp³-hybridized carbons (Fsp3) is 0.588. The van der Waals surface area contributed by atoms with E-state index in [0.29, 0.717) is 24.9 Å². The van der Waals surface area contributed by atoms with Crippen LogP contribution in [0.25, 0.3) is 0 Å². The molecule has 0 saturated carbocycles. The monoisotopic (exact) mass is 326 g/mol. The first-order chi connectivity index (χ1) is 11.0. The second-order valence-electron chi connectivity index (χ2n) is 6.43. The highest BCUT2D eigenvalue weighted by molar-refractivity contribution is 5.96. The summed E-state index contributed by atoms with van der Waals surface area (Å²) in [6.07, 6.45) is -1.58. The van der Waals surface area contributed by atoms with Crippen LogP contribution in [0.15, 0.2) is 24.3 Å². The van der Waals surface area contributed by atoms with Crippen LogP contribution in [0.4, 0.5) is 13.2 Å². The number of carbonyl (C=O) groups excluding carboxylic acids is 1. The molecule has 2 aliphatic heterocycles. The van der Waals surface area contributed by atoms with Crippen LogP contribution in [0.5, 0.6) is 0 Å². The van der Waals surface area contributed by atoms with Crippen LogP contribution in [0, 0.1) is 11.8 Å². The number of nitrogens with zero attached hydrogens (tertiary/aromatic N) is 1. The first kappa shape index (κ1) is 16.3. The summed E-state index contributed by atoms with van der Waals surface area (Å²) >= 11 is 0. The number of nitrogens with one attached hydrogen (secondary N) is 1. The molecule has 0 bridgehead atoms. The zero-order valence-electron chi connectivity index (χ0n) is 12.9. The minimum atomic E-state index is -4.50. The highest BCUT2D eigenvalue weighted by atomic mass is 19.4. The number of benzene rings is 1. The summed E-state index contributed by atoms with van der Waals surface area (Å²) in [5.74, 6) is 0.725. The molecule has 0 spiro atoms. The number of halogens is 3. The van der Waals surface area contributed by atoms with Gasteiger partial charge in [-0.25, -0.2) is 0 Å². The molecule has 0 aromatic heterocycles. The Balaban J connectivity index is 1.68. The van der Waals surface area contributed by atoms with Gasteiger partial charge < -0.3 is 10.2 Å². The molecule has 1 N–H and O–H groups in total. The van der Waals surface area contributed by atoms with Crippen molar-refractivity contribution in [2.45, 2.75) is 25.4 Å². The van der Waals surface area contributed by atoms with E-state index in [0.717, 1.165) is 38.4 Å². The van der Waals surface area contributed by atoms with Crippen molar-refractivity contribution >= 4 is 5.91 Å². The van der Waals surface area contributed by atoms with Crippen molar-refractivity contribution < 1.29 is 18.0 Å². The highest BCUT2D eigenvalue weighted by Gasteiger charge is 2.37. The minimum absolute atomic E-state index is 0.235. The van der Waals surface area contributed by atoms with Gasteiger partial charge in [-0.2, -0.15) is 13.2 Å². The number of piperidine rings is 1. The van der Waals surface area contributed by atoms with Crippen molar-refractivity contribution in [2.75, 3.05) is 26.2 Å². The lowest BCUT2D eigenvalue weighted by Gasteiger charge is -2.35. The second-order valence-corrected chi connectivity index (χ2v) is 6.43. The van der Waals surface area contributed by atoms with Gasteiger partial charge in [-0.15, -0.1) is 0 Å². The van der Waals surface area contributed by atoms with Crippen molar-refractivity contribution in [2.24, 2.45) is 11.8 Å². The van der Waals surface area contributed by atoms with Crippen LogP contribution in [0.3, 0.4) is 0 Å². The van der Waals surface area contributed by atoms with E-state index >= 15 is 0 Å². The van der Waals surface area contributed by atoms with Crippen LogP contribution >= 0.6 is 0 Å². The third-order valence-corrected chi connectivity index (χ3v) is 5.05. The largest absolute Gasteiger partial charge is 0.417 e. The number of carbonyl (C=O) groups is 1. The summed E-state index contributed by atoms with van der Waals surface area (Å²) in [7, 11) is 0. The first-order valence-corrected chi connectivity index (χ1v) is 8.13. The molecule has 6 heteroatoms. The quantitative estimate of drug-likeness (QED) is 0.905. The Labute approximate surface area is 133 Å². The van der Waals surface area contributed by atoms with E-state index in [9.17, 15) is 18.0 Å². The Hall–Kier alpha value is -1.56. The third kappa shape index (κ3) is 3.52. The highest BCUT2D eigenvalue weighted by Crippen LogP contribution is 2.34. The van der Waals surface area contributed by atoms with Gasteiger partial charge in [-0.05, 0) is 56.3 Å². The van der Waals surface area contributed by atoms with Gasteiger partial charge in [0.2, 0.25) is 0 Å². The first-order valence-electron chi connectivity index (χ1n) is 8.13. The van der Waals surface area contributed by atoms with E-state index in [1.165, 1.54) is 18.2 Å². The van der Waals surface area contributed by atoms with Gasteiger partial charge in [0, 0.05) is 13.1 Å². The Kier molecular flexibility index (Phi) is 4.62. The zero-order valence-corrected chi connectivity index (χ0v) is 12.9. The van der Waals surface area contributed by atoms with E-state index in [-0.39, 0.29) is 5.56 Å². The molecule has 1 amide bonds. The Bertz CT molecular complexity index is 559. The standard InChI is InChI=1S/C17H21F3N2O/c18-17(19,20)15-4-2-1-3-14(15)16(23)22-9-6-12(7-10-22)13-5-8-21-11-13/h1-4,12-13,21H,5-11H2. The average molecular weight is 326 g/mol. The number of likely N-dealkylation sites (tertiary alicyclic amines) is 1. The summed E-state index contributed by atoms with van der Waals surface area (Å²) in [6, 6.07) is 5.06. The minimum Gasteiger partial charge on any atom is -0.339 e. The number of hydrogen-bond donors (Lipinski definition) is 1. The van der Waals surface area contributed by atoms with Gasteiger partial charge in [-0.1, -0.05) is 12.1 Å². The molecule has 3 rings (SSSR count). The fourth-order valence-corrected chi connectivity index (χ4v) is 3.74. The van der Waals surface area contributed by atoms with E-state index in [4.69, 9.17) is 0 Å². The van der Waals surface area contributed by atoms with Crippen molar-refractivity contribution in [3.8, 4) is 0 Å². The van der Waals surface area contributed by atoms with Crippen LogP contribution in [0.2, 0.25) is 0 Å². The number of alkyl halides is 3. The molecule has 2 heterocycles. The van der Waals surface area contributed by atoms with E-state index in [1.807, 2.05) is 0 Å². The van der Waals surface area contributed by atoms with Gasteiger partial charge in [0.05, 0.1) is 11.1 Å². The van der Waals surface area contributed by atoms with Crippen molar-refractivity contribution in [1.29, 1.82) is 0 Å². The summed E-state index contributed by atoms with van der Waals surface area (Å²) in [5, 5.41) is 3.35. The van der Waals surface area contributed by atoms with Crippen molar-refractivity contribution in [3.05, 3.63) is 35.4 Å². The molecule has 2 aliphatic rings. The summed E-state index contributed by atoms with van der Waals surface area (Å²) in [4.78, 5) is 14.1. The predicted octanol–water partition coefficient (Wildman–Crippen LogP) is 3.17. The number of amides is 1. The van der Waals surface area contributed by atoms with E-state index in [2.05, 4.69) is 5.32 Å². The molecule has 0 radical (unpaired) electrons. The predicted molar refractivity (Wildman–Crippen MR) is 81.0 cm³/mol. The summed E-state index contributed by atoms with van der Waals surface area (Å²) < 4.78 is 39.2. The van der Waals surface area contributed by atoms with Crippen LogP contribution in [0.1, 0.15) is 35.2 Å². The molecule has 1 aromatic rings. The third-order valence-electron chi connectivity index (χ3n) is 5.05. The van der Waals surface area contributed by atoms with Crippen LogP contribution < -0.4 is 5.32 Å². The molecule has 3 nitrogen and oxygen atoms in total. The smallest absolute Gasteiger partial charge is 0.339 e. The van der Waals surface area contributed by atoms with Crippen molar-refractivity contribution in [1.82, 2.24) is 10.2 Å². The van der Waals surface area contributed by atoms with Gasteiger partial charge in [0.25, 0.3) is 5.91 Å². The fourth-order valence-electron chi connectivity index (χ4n) is 3.74. The second kappa shape index (κ2) is 6.51. The molecule has 1 unspecified atom stereocenters. The van der Waals surface area contributed by atoms with Gasteiger partial charge in [0.15, 0.2) is 0 Å². The van der Waals surface area contributed by atoms with E-state index < -0.39 is 17.6 Å². The Morgan fingerprint density at radius 3 is 2.39 bits per heavy atom. The van der Waals surface area contributed by atoms with Crippen LogP contribution in [-0.4, -0.2) is 37.0 Å². The molecule has 2 saturated heterocycles. The molecule has 126 valence electrons. The maximum Gasteiger partial charge on any atom is 0.417 e. The maximum atomic E-state index is 13.1. The molecule has 2 fully saturated rings. The Morgan fingerprint density at radius 2 is 1.78 bits per heavy atom. The SMILES string of the molecule is O=C(c1ccccc1C(F)(F)F)N1CCC(C2CCNC2)CC1. The summed E-state index contributed by atoms with van der Waals surface area (Å²) in [6.45, 7) is 3.16. The van der Waals surface area contributed by atoms with Crippen molar-refractivity contribution in [3.63, 3.8) is 0 Å².